The van der Waals surface area contributed by atoms with Gasteiger partial charge in [-0.2, -0.15) is 13.2 Å². The number of alkyl halides is 3. The fourth-order valence-electron chi connectivity index (χ4n) is 6.30. The largest absolute Gasteiger partial charge is 0.451 e. The molecule has 4 aliphatic heterocycles. The van der Waals surface area contributed by atoms with Crippen LogP contribution in [0.4, 0.5) is 24.8 Å². The summed E-state index contributed by atoms with van der Waals surface area (Å²) in [5.74, 6) is -0.437. The van der Waals surface area contributed by atoms with Gasteiger partial charge in [0.25, 0.3) is 0 Å². The second-order valence-corrected chi connectivity index (χ2v) is 10.6. The van der Waals surface area contributed by atoms with E-state index < -0.39 is 12.0 Å². The molecular weight excluding hydrogens is 485 g/mol. The molecule has 4 aliphatic rings. The average Bonchev–Trinajstić information content (AvgIpc) is 3.24. The van der Waals surface area contributed by atoms with Gasteiger partial charge in [-0.05, 0) is 31.9 Å². The van der Waals surface area contributed by atoms with E-state index >= 15 is 0 Å². The summed E-state index contributed by atoms with van der Waals surface area (Å²) < 4.78 is 47.6. The zero-order valence-corrected chi connectivity index (χ0v) is 21.7. The van der Waals surface area contributed by atoms with Gasteiger partial charge in [0.15, 0.2) is 0 Å². The van der Waals surface area contributed by atoms with Gasteiger partial charge in [-0.1, -0.05) is 19.6 Å². The maximum absolute atomic E-state index is 13.8. The van der Waals surface area contributed by atoms with Crippen LogP contribution in [0.3, 0.4) is 0 Å². The van der Waals surface area contributed by atoms with Crippen molar-refractivity contribution in [2.24, 2.45) is 5.92 Å². The molecule has 202 valence electrons. The van der Waals surface area contributed by atoms with Crippen molar-refractivity contribution in [2.45, 2.75) is 51.1 Å². The molecule has 5 heterocycles. The van der Waals surface area contributed by atoms with Gasteiger partial charge in [0.2, 0.25) is 11.7 Å². The summed E-state index contributed by atoms with van der Waals surface area (Å²) in [6.07, 6.45) is -0.506. The fraction of sp³-hybridized carbons (Fsp3) is 0.654. The lowest BCUT2D eigenvalue weighted by atomic mass is 9.77. The normalized spacial score (nSPS) is 30.9. The van der Waals surface area contributed by atoms with Gasteiger partial charge < -0.3 is 19.4 Å². The van der Waals surface area contributed by atoms with Gasteiger partial charge in [0.1, 0.15) is 11.6 Å². The number of carbonyl (C=O) groups is 1. The minimum Gasteiger partial charge on any atom is -0.366 e. The summed E-state index contributed by atoms with van der Waals surface area (Å²) in [5.41, 5.74) is 0.868. The third kappa shape index (κ3) is 4.60. The Bertz CT molecular complexity index is 1090. The van der Waals surface area contributed by atoms with Crippen LogP contribution in [0.15, 0.2) is 30.4 Å². The van der Waals surface area contributed by atoms with E-state index in [9.17, 15) is 18.0 Å². The number of hydrogen-bond donors (Lipinski definition) is 0. The van der Waals surface area contributed by atoms with Gasteiger partial charge in [0, 0.05) is 69.9 Å². The molecule has 0 bridgehead atoms. The fourth-order valence-corrected chi connectivity index (χ4v) is 6.30. The number of hydrogen-bond acceptors (Lipinski definition) is 7. The van der Waals surface area contributed by atoms with Crippen LogP contribution in [0, 0.1) is 5.92 Å². The Kier molecular flexibility index (Phi) is 6.72. The average molecular weight is 521 g/mol. The summed E-state index contributed by atoms with van der Waals surface area (Å²) in [7, 11) is 0. The van der Waals surface area contributed by atoms with Gasteiger partial charge >= 0.3 is 6.18 Å². The Morgan fingerprint density at radius 3 is 2.41 bits per heavy atom. The van der Waals surface area contributed by atoms with Crippen LogP contribution >= 0.6 is 0 Å². The second-order valence-electron chi connectivity index (χ2n) is 10.6. The molecule has 0 radical (unpaired) electrons. The maximum Gasteiger partial charge on any atom is 0.451 e. The predicted octanol–water partition coefficient (Wildman–Crippen LogP) is 2.96. The Balaban J connectivity index is 1.31. The molecule has 11 heteroatoms. The van der Waals surface area contributed by atoms with E-state index in [1.54, 1.807) is 11.0 Å². The zero-order chi connectivity index (χ0) is 26.5. The minimum absolute atomic E-state index is 0.00582. The van der Waals surface area contributed by atoms with E-state index in [2.05, 4.69) is 41.4 Å². The van der Waals surface area contributed by atoms with Crippen molar-refractivity contribution in [1.82, 2.24) is 19.8 Å². The van der Waals surface area contributed by atoms with Crippen LogP contribution in [-0.2, 0) is 15.7 Å². The number of nitrogens with zero attached hydrogens (tertiary/aromatic N) is 6. The van der Waals surface area contributed by atoms with Crippen LogP contribution < -0.4 is 9.80 Å². The quantitative estimate of drug-likeness (QED) is 0.447. The van der Waals surface area contributed by atoms with E-state index in [1.807, 2.05) is 16.7 Å². The molecule has 1 aromatic heterocycles. The molecule has 1 spiro atoms. The van der Waals surface area contributed by atoms with Gasteiger partial charge in [0.05, 0.1) is 12.2 Å². The molecule has 3 fully saturated rings. The summed E-state index contributed by atoms with van der Waals surface area (Å²) in [4.78, 5) is 27.7. The first-order valence-electron chi connectivity index (χ1n) is 13.0. The smallest absolute Gasteiger partial charge is 0.366 e. The zero-order valence-electron chi connectivity index (χ0n) is 21.7. The lowest BCUT2D eigenvalue weighted by molar-refractivity contribution is -0.144. The SMILES string of the molecule is C=CC(=O)N1CCN([C@@H]2CN(c3cc(N4CC[C@@]5(OCC=C5C)[C@@H](C)C4)nc(C(F)(F)F)n3)[C@@H]2C)CC1. The standard InChI is InChI=1S/C26H35F3N6O2/c1-5-23(36)33-11-9-32(10-12-33)20-16-35(19(20)4)22-14-21(30-24(31-22)26(27,28)29)34-8-7-25(18(3)15-34)17(2)6-13-37-25/h5-6,14,18-20H,1,7-13,15-16H2,2-4H3/t18-,19+,20+,25-/m0/s1. The number of piperidine rings is 1. The molecule has 37 heavy (non-hydrogen) atoms. The van der Waals surface area contributed by atoms with E-state index in [-0.39, 0.29) is 29.5 Å². The highest BCUT2D eigenvalue weighted by Crippen LogP contribution is 2.42. The Labute approximate surface area is 215 Å². The first-order chi connectivity index (χ1) is 17.5. The predicted molar refractivity (Wildman–Crippen MR) is 134 cm³/mol. The topological polar surface area (TPSA) is 65.0 Å². The summed E-state index contributed by atoms with van der Waals surface area (Å²) in [6, 6.07) is 1.89. The molecule has 1 amide bonds. The van der Waals surface area contributed by atoms with Gasteiger partial charge in [-0.15, -0.1) is 0 Å². The lowest BCUT2D eigenvalue weighted by Gasteiger charge is -2.53. The van der Waals surface area contributed by atoms with Crippen molar-refractivity contribution in [3.8, 4) is 0 Å². The second kappa shape index (κ2) is 9.58. The van der Waals surface area contributed by atoms with Gasteiger partial charge in [-0.3, -0.25) is 9.69 Å². The first kappa shape index (κ1) is 26.0. The molecule has 0 saturated carbocycles. The Hall–Kier alpha value is -2.66. The molecule has 0 aliphatic carbocycles. The molecule has 5 rings (SSSR count). The minimum atomic E-state index is -4.64. The first-order valence-corrected chi connectivity index (χ1v) is 13.0. The van der Waals surface area contributed by atoms with Crippen molar-refractivity contribution in [2.75, 3.05) is 62.2 Å². The Morgan fingerprint density at radius 2 is 1.84 bits per heavy atom. The number of halogens is 3. The monoisotopic (exact) mass is 520 g/mol. The molecular formula is C26H35F3N6O2. The highest BCUT2D eigenvalue weighted by atomic mass is 19.4. The number of aromatic nitrogens is 2. The van der Waals surface area contributed by atoms with Crippen molar-refractivity contribution >= 4 is 17.5 Å². The number of amides is 1. The van der Waals surface area contributed by atoms with Crippen LogP contribution in [-0.4, -0.2) is 95.8 Å². The van der Waals surface area contributed by atoms with Crippen molar-refractivity contribution in [1.29, 1.82) is 0 Å². The van der Waals surface area contributed by atoms with E-state index in [4.69, 9.17) is 4.74 Å². The number of rotatable bonds is 4. The number of carbonyl (C=O) groups excluding carboxylic acids is 1. The van der Waals surface area contributed by atoms with Crippen LogP contribution in [0.2, 0.25) is 0 Å². The van der Waals surface area contributed by atoms with Crippen LogP contribution in [0.1, 0.15) is 33.0 Å². The van der Waals surface area contributed by atoms with Crippen LogP contribution in [0.5, 0.6) is 0 Å². The number of piperazine rings is 1. The molecule has 8 nitrogen and oxygen atoms in total. The molecule has 0 N–H and O–H groups in total. The molecule has 4 atom stereocenters. The lowest BCUT2D eigenvalue weighted by Crippen LogP contribution is -2.68. The highest BCUT2D eigenvalue weighted by molar-refractivity contribution is 5.87. The van der Waals surface area contributed by atoms with Gasteiger partial charge in [-0.25, -0.2) is 9.97 Å². The summed E-state index contributed by atoms with van der Waals surface area (Å²) in [6.45, 7) is 14.7. The number of ether oxygens (including phenoxy) is 1. The Morgan fingerprint density at radius 1 is 1.14 bits per heavy atom. The van der Waals surface area contributed by atoms with Crippen molar-refractivity contribution in [3.05, 3.63) is 36.2 Å². The van der Waals surface area contributed by atoms with Crippen molar-refractivity contribution in [3.63, 3.8) is 0 Å². The molecule has 0 aromatic carbocycles. The molecule has 3 saturated heterocycles. The van der Waals surface area contributed by atoms with E-state index in [0.29, 0.717) is 57.4 Å². The maximum atomic E-state index is 13.8. The van der Waals surface area contributed by atoms with E-state index in [0.717, 1.165) is 13.1 Å². The number of anilines is 2. The van der Waals surface area contributed by atoms with E-state index in [1.165, 1.54) is 11.6 Å². The van der Waals surface area contributed by atoms with Crippen molar-refractivity contribution < 1.29 is 22.7 Å². The molecule has 0 unspecified atom stereocenters. The molecule has 1 aromatic rings. The highest BCUT2D eigenvalue weighted by Gasteiger charge is 2.47. The van der Waals surface area contributed by atoms with Crippen LogP contribution in [0.25, 0.3) is 0 Å². The summed E-state index contributed by atoms with van der Waals surface area (Å²) in [5, 5.41) is 0. The third-order valence-corrected chi connectivity index (χ3v) is 8.71. The summed E-state index contributed by atoms with van der Waals surface area (Å²) >= 11 is 0. The third-order valence-electron chi connectivity index (χ3n) is 8.71.